The molecule has 0 saturated carbocycles. The van der Waals surface area contributed by atoms with Crippen LogP contribution >= 0.6 is 0 Å². The summed E-state index contributed by atoms with van der Waals surface area (Å²) in [6.45, 7) is 15.5. The van der Waals surface area contributed by atoms with Crippen molar-refractivity contribution in [2.45, 2.75) is 58.5 Å². The minimum absolute atomic E-state index is 0.254. The summed E-state index contributed by atoms with van der Waals surface area (Å²) < 4.78 is 18.8. The molecular weight excluding hydrogens is 536 g/mol. The molecule has 0 radical (unpaired) electrons. The number of aromatic nitrogens is 1. The maximum absolute atomic E-state index is 6.43. The molecule has 3 aromatic carbocycles. The van der Waals surface area contributed by atoms with Gasteiger partial charge >= 0.3 is 0 Å². The maximum Gasteiger partial charge on any atom is 0.225 e. The molecule has 6 heteroatoms. The van der Waals surface area contributed by atoms with Crippen molar-refractivity contribution in [2.24, 2.45) is 5.92 Å². The Hall–Kier alpha value is -3.61. The number of ether oxygens (including phenoxy) is 2. The molecule has 5 rings (SSSR count). The Morgan fingerprint density at radius 1 is 0.786 bits per heavy atom. The van der Waals surface area contributed by atoms with Crippen LogP contribution in [0, 0.1) is 5.92 Å². The molecule has 0 bridgehead atoms. The van der Waals surface area contributed by atoms with Crippen molar-refractivity contribution in [3.8, 4) is 22.9 Å². The Kier molecular flexibility index (Phi) is 9.34. The zero-order chi connectivity index (χ0) is 29.6. The molecule has 5 nitrogen and oxygen atoms in total. The Morgan fingerprint density at radius 3 is 2.07 bits per heavy atom. The highest BCUT2D eigenvalue weighted by Crippen LogP contribution is 2.38. The van der Waals surface area contributed by atoms with Crippen LogP contribution in [0.25, 0.3) is 11.1 Å². The molecule has 1 saturated heterocycles. The van der Waals surface area contributed by atoms with E-state index in [-0.39, 0.29) is 5.04 Å². The lowest BCUT2D eigenvalue weighted by Gasteiger charge is -2.42. The minimum Gasteiger partial charge on any atom is -0.473 e. The van der Waals surface area contributed by atoms with Crippen LogP contribution in [0.3, 0.4) is 0 Å². The summed E-state index contributed by atoms with van der Waals surface area (Å²) in [5, 5.41) is 0.254. The molecule has 1 fully saturated rings. The number of anilines is 1. The molecule has 0 atom stereocenters. The van der Waals surface area contributed by atoms with E-state index in [0.717, 1.165) is 48.4 Å². The molecular formula is C36H44N2O3Si. The Labute approximate surface area is 252 Å². The van der Waals surface area contributed by atoms with Gasteiger partial charge in [-0.3, -0.25) is 0 Å². The predicted molar refractivity (Wildman–Crippen MR) is 175 cm³/mol. The van der Waals surface area contributed by atoms with Crippen LogP contribution in [0.1, 0.15) is 38.3 Å². The largest absolute Gasteiger partial charge is 0.473 e. The molecule has 1 aromatic heterocycles. The highest BCUT2D eigenvalue weighted by molar-refractivity contribution is 6.74. The molecule has 0 aliphatic carbocycles. The van der Waals surface area contributed by atoms with Crippen LogP contribution in [0.15, 0.2) is 97.1 Å². The topological polar surface area (TPSA) is 43.8 Å². The van der Waals surface area contributed by atoms with Gasteiger partial charge in [0.05, 0.1) is 0 Å². The lowest BCUT2D eigenvalue weighted by molar-refractivity contribution is 0.239. The summed E-state index contributed by atoms with van der Waals surface area (Å²) in [5.41, 5.74) is 5.47. The average Bonchev–Trinajstić information content (AvgIpc) is 2.96. The van der Waals surface area contributed by atoms with Crippen molar-refractivity contribution >= 4 is 14.0 Å². The van der Waals surface area contributed by atoms with Crippen molar-refractivity contribution in [3.05, 3.63) is 108 Å². The summed E-state index contributed by atoms with van der Waals surface area (Å²) >= 11 is 0. The van der Waals surface area contributed by atoms with Gasteiger partial charge in [-0.15, -0.1) is 0 Å². The standard InChI is InChI=1S/C36H44N2O3Si/c1-36(2,3)42(4,5)41-22-21-30-24-38(25-30)32-18-12-17-31(23-32)33-19-20-34(39-26-28-13-8-6-9-14-28)37-35(33)40-27-29-15-10-7-11-16-29/h6-20,23,30H,21-22,24-27H2,1-5H3. The fraction of sp³-hybridized carbons (Fsp3) is 0.361. The van der Waals surface area contributed by atoms with E-state index in [9.17, 15) is 0 Å². The SMILES string of the molecule is CC(C)(C)[Si](C)(C)OCCC1CN(c2cccc(-c3ccc(OCc4ccccc4)nc3OCc3ccccc3)c2)C1. The van der Waals surface area contributed by atoms with Crippen molar-refractivity contribution in [1.82, 2.24) is 4.98 Å². The predicted octanol–water partition coefficient (Wildman–Crippen LogP) is 8.75. The summed E-state index contributed by atoms with van der Waals surface area (Å²) in [6, 6.07) is 33.0. The molecule has 0 spiro atoms. The third-order valence-electron chi connectivity index (χ3n) is 8.56. The van der Waals surface area contributed by atoms with E-state index < -0.39 is 8.32 Å². The molecule has 0 N–H and O–H groups in total. The normalized spacial score (nSPS) is 14.0. The van der Waals surface area contributed by atoms with Crippen molar-refractivity contribution in [2.75, 3.05) is 24.6 Å². The van der Waals surface area contributed by atoms with Crippen molar-refractivity contribution in [1.29, 1.82) is 0 Å². The van der Waals surface area contributed by atoms with Gasteiger partial charge in [-0.2, -0.15) is 4.98 Å². The molecule has 0 unspecified atom stereocenters. The van der Waals surface area contributed by atoms with Gasteiger partial charge in [0, 0.05) is 37.0 Å². The second-order valence-corrected chi connectivity index (χ2v) is 17.6. The van der Waals surface area contributed by atoms with E-state index in [2.05, 4.69) is 93.4 Å². The zero-order valence-electron chi connectivity index (χ0n) is 25.7. The molecule has 220 valence electrons. The number of nitrogens with zero attached hydrogens (tertiary/aromatic N) is 2. The maximum atomic E-state index is 6.43. The number of rotatable bonds is 12. The molecule has 4 aromatic rings. The lowest BCUT2D eigenvalue weighted by atomic mass is 9.95. The third kappa shape index (κ3) is 7.61. The lowest BCUT2D eigenvalue weighted by Crippen LogP contribution is -2.48. The first-order valence-electron chi connectivity index (χ1n) is 15.0. The average molecular weight is 581 g/mol. The van der Waals surface area contributed by atoms with Gasteiger partial charge in [0.15, 0.2) is 8.32 Å². The first-order chi connectivity index (χ1) is 20.2. The Morgan fingerprint density at radius 2 is 1.43 bits per heavy atom. The summed E-state index contributed by atoms with van der Waals surface area (Å²) in [6.07, 6.45) is 1.12. The van der Waals surface area contributed by atoms with Crippen LogP contribution in [0.5, 0.6) is 11.8 Å². The number of pyridine rings is 1. The first-order valence-corrected chi connectivity index (χ1v) is 17.9. The molecule has 42 heavy (non-hydrogen) atoms. The van der Waals surface area contributed by atoms with Crippen LogP contribution < -0.4 is 14.4 Å². The van der Waals surface area contributed by atoms with E-state index in [1.165, 1.54) is 5.69 Å². The molecule has 1 aliphatic rings. The van der Waals surface area contributed by atoms with Gasteiger partial charge in [0.1, 0.15) is 13.2 Å². The van der Waals surface area contributed by atoms with Crippen LogP contribution in [-0.2, 0) is 17.6 Å². The number of hydrogen-bond acceptors (Lipinski definition) is 5. The van der Waals surface area contributed by atoms with Gasteiger partial charge in [-0.25, -0.2) is 0 Å². The Bertz CT molecular complexity index is 1430. The van der Waals surface area contributed by atoms with Crippen LogP contribution in [0.2, 0.25) is 18.1 Å². The van der Waals surface area contributed by atoms with Gasteiger partial charge in [-0.1, -0.05) is 93.6 Å². The highest BCUT2D eigenvalue weighted by Gasteiger charge is 2.37. The first kappa shape index (κ1) is 29.9. The fourth-order valence-electron chi connectivity index (χ4n) is 4.82. The quantitative estimate of drug-likeness (QED) is 0.157. The number of benzene rings is 3. The van der Waals surface area contributed by atoms with Crippen LogP contribution in [-0.4, -0.2) is 33.0 Å². The monoisotopic (exact) mass is 580 g/mol. The smallest absolute Gasteiger partial charge is 0.225 e. The summed E-state index contributed by atoms with van der Waals surface area (Å²) in [7, 11) is -1.69. The molecule has 0 amide bonds. The third-order valence-corrected chi connectivity index (χ3v) is 13.1. The number of hydrogen-bond donors (Lipinski definition) is 0. The Balaban J connectivity index is 1.26. The fourth-order valence-corrected chi connectivity index (χ4v) is 5.88. The summed E-state index contributed by atoms with van der Waals surface area (Å²) in [4.78, 5) is 7.26. The molecule has 1 aliphatic heterocycles. The van der Waals surface area contributed by atoms with E-state index in [4.69, 9.17) is 18.9 Å². The summed E-state index contributed by atoms with van der Waals surface area (Å²) in [5.74, 6) is 1.80. The molecule has 2 heterocycles. The van der Waals surface area contributed by atoms with Gasteiger partial charge in [0.2, 0.25) is 11.8 Å². The van der Waals surface area contributed by atoms with Crippen molar-refractivity contribution in [3.63, 3.8) is 0 Å². The second-order valence-electron chi connectivity index (χ2n) is 12.8. The zero-order valence-corrected chi connectivity index (χ0v) is 26.7. The van der Waals surface area contributed by atoms with Crippen LogP contribution in [0.4, 0.5) is 5.69 Å². The van der Waals surface area contributed by atoms with Gasteiger partial charge in [0.25, 0.3) is 0 Å². The van der Waals surface area contributed by atoms with E-state index in [1.807, 2.05) is 42.5 Å². The highest BCUT2D eigenvalue weighted by atomic mass is 28.4. The van der Waals surface area contributed by atoms with Crippen molar-refractivity contribution < 1.29 is 13.9 Å². The second kappa shape index (κ2) is 13.1. The van der Waals surface area contributed by atoms with Gasteiger partial charge in [-0.05, 0) is 65.4 Å². The van der Waals surface area contributed by atoms with E-state index in [1.54, 1.807) is 0 Å². The van der Waals surface area contributed by atoms with Gasteiger partial charge < -0.3 is 18.8 Å². The van der Waals surface area contributed by atoms with E-state index >= 15 is 0 Å². The van der Waals surface area contributed by atoms with E-state index in [0.29, 0.717) is 30.9 Å². The minimum atomic E-state index is -1.69.